The normalized spacial score (nSPS) is 18.9. The maximum Gasteiger partial charge on any atom is 0.173 e. The van der Waals surface area contributed by atoms with E-state index in [4.69, 9.17) is 0 Å². The number of nitrogens with zero attached hydrogens (tertiary/aromatic N) is 2. The first-order valence-electron chi connectivity index (χ1n) is 4.65. The Bertz CT molecular complexity index is 221. The number of hydrogen-bond acceptors (Lipinski definition) is 3. The van der Waals surface area contributed by atoms with E-state index in [-0.39, 0.29) is 5.78 Å². The van der Waals surface area contributed by atoms with Gasteiger partial charge in [0.15, 0.2) is 5.78 Å². The summed E-state index contributed by atoms with van der Waals surface area (Å²) < 4.78 is 0. The first kappa shape index (κ1) is 10.4. The molecule has 0 bridgehead atoms. The molecule has 0 amide bonds. The molecule has 0 radical (unpaired) electrons. The van der Waals surface area contributed by atoms with E-state index in [9.17, 15) is 4.79 Å². The fraction of sp³-hybridized carbons (Fsp3) is 0.700. The minimum Gasteiger partial charge on any atom is -0.302 e. The number of carbonyl (C=O) groups excluding carboxylic acids is 1. The van der Waals surface area contributed by atoms with Crippen molar-refractivity contribution in [3.63, 3.8) is 0 Å². The van der Waals surface area contributed by atoms with Crippen LogP contribution in [0.2, 0.25) is 0 Å². The van der Waals surface area contributed by atoms with Crippen molar-refractivity contribution >= 4 is 5.78 Å². The lowest BCUT2D eigenvalue weighted by molar-refractivity contribution is -0.116. The fourth-order valence-electron chi connectivity index (χ4n) is 1.48. The average molecular weight is 182 g/mol. The molecule has 74 valence electrons. The quantitative estimate of drug-likeness (QED) is 0.630. The molecule has 0 aromatic rings. The SMILES string of the molecule is CN(C)CC(=O)C1=CCCN(C)C1. The smallest absolute Gasteiger partial charge is 0.173 e. The molecule has 1 rings (SSSR count). The van der Waals surface area contributed by atoms with E-state index in [1.54, 1.807) is 0 Å². The maximum atomic E-state index is 11.6. The summed E-state index contributed by atoms with van der Waals surface area (Å²) >= 11 is 0. The van der Waals surface area contributed by atoms with Crippen molar-refractivity contribution < 1.29 is 4.79 Å². The van der Waals surface area contributed by atoms with Gasteiger partial charge in [-0.15, -0.1) is 0 Å². The van der Waals surface area contributed by atoms with Gasteiger partial charge in [0, 0.05) is 18.7 Å². The van der Waals surface area contributed by atoms with Gasteiger partial charge in [-0.25, -0.2) is 0 Å². The molecule has 0 unspecified atom stereocenters. The van der Waals surface area contributed by atoms with E-state index in [1.165, 1.54) is 0 Å². The predicted octanol–water partition coefficient (Wildman–Crippen LogP) is 0.379. The van der Waals surface area contributed by atoms with Crippen LogP contribution in [0.1, 0.15) is 6.42 Å². The molecular weight excluding hydrogens is 164 g/mol. The molecule has 0 N–H and O–H groups in total. The summed E-state index contributed by atoms with van der Waals surface area (Å²) in [6.07, 6.45) is 3.08. The van der Waals surface area contributed by atoms with E-state index in [0.29, 0.717) is 6.54 Å². The number of rotatable bonds is 3. The lowest BCUT2D eigenvalue weighted by atomic mass is 10.1. The summed E-state index contributed by atoms with van der Waals surface area (Å²) in [5, 5.41) is 0. The van der Waals surface area contributed by atoms with Gasteiger partial charge in [0.25, 0.3) is 0 Å². The highest BCUT2D eigenvalue weighted by molar-refractivity contribution is 5.97. The van der Waals surface area contributed by atoms with Crippen LogP contribution in [-0.4, -0.2) is 56.4 Å². The zero-order chi connectivity index (χ0) is 9.84. The molecule has 1 aliphatic heterocycles. The van der Waals surface area contributed by atoms with E-state index < -0.39 is 0 Å². The van der Waals surface area contributed by atoms with Crippen LogP contribution in [0, 0.1) is 0 Å². The first-order chi connectivity index (χ1) is 6.09. The molecule has 3 heteroatoms. The fourth-order valence-corrected chi connectivity index (χ4v) is 1.48. The second-order valence-corrected chi connectivity index (χ2v) is 3.92. The molecule has 3 nitrogen and oxygen atoms in total. The minimum absolute atomic E-state index is 0.261. The van der Waals surface area contributed by atoms with Gasteiger partial charge in [0.1, 0.15) is 0 Å². The Hall–Kier alpha value is -0.670. The van der Waals surface area contributed by atoms with Crippen molar-refractivity contribution in [2.24, 2.45) is 0 Å². The van der Waals surface area contributed by atoms with Gasteiger partial charge in [-0.05, 0) is 27.6 Å². The van der Waals surface area contributed by atoms with Crippen molar-refractivity contribution in [3.8, 4) is 0 Å². The van der Waals surface area contributed by atoms with Gasteiger partial charge in [0.2, 0.25) is 0 Å². The minimum atomic E-state index is 0.261. The second-order valence-electron chi connectivity index (χ2n) is 3.92. The third kappa shape index (κ3) is 3.28. The van der Waals surface area contributed by atoms with Crippen molar-refractivity contribution in [2.45, 2.75) is 6.42 Å². The van der Waals surface area contributed by atoms with Gasteiger partial charge >= 0.3 is 0 Å². The lowest BCUT2D eigenvalue weighted by Gasteiger charge is -2.22. The third-order valence-electron chi connectivity index (χ3n) is 2.16. The summed E-state index contributed by atoms with van der Waals surface area (Å²) in [6.45, 7) is 2.41. The molecule has 0 aromatic heterocycles. The van der Waals surface area contributed by atoms with E-state index >= 15 is 0 Å². The van der Waals surface area contributed by atoms with Crippen molar-refractivity contribution in [1.82, 2.24) is 9.80 Å². The van der Waals surface area contributed by atoms with Gasteiger partial charge in [-0.3, -0.25) is 4.79 Å². The van der Waals surface area contributed by atoms with E-state index in [2.05, 4.69) is 18.0 Å². The molecule has 1 aliphatic rings. The highest BCUT2D eigenvalue weighted by Crippen LogP contribution is 2.08. The van der Waals surface area contributed by atoms with Crippen molar-refractivity contribution in [2.75, 3.05) is 40.8 Å². The van der Waals surface area contributed by atoms with Crippen LogP contribution >= 0.6 is 0 Å². The van der Waals surface area contributed by atoms with Gasteiger partial charge in [0.05, 0.1) is 6.54 Å². The zero-order valence-electron chi connectivity index (χ0n) is 8.71. The third-order valence-corrected chi connectivity index (χ3v) is 2.16. The van der Waals surface area contributed by atoms with Crippen molar-refractivity contribution in [3.05, 3.63) is 11.6 Å². The van der Waals surface area contributed by atoms with Crippen LogP contribution in [0.5, 0.6) is 0 Å². The lowest BCUT2D eigenvalue weighted by Crippen LogP contribution is -2.32. The van der Waals surface area contributed by atoms with Crippen LogP contribution in [-0.2, 0) is 4.79 Å². The summed E-state index contributed by atoms with van der Waals surface area (Å²) in [5.41, 5.74) is 0.974. The Morgan fingerprint density at radius 2 is 2.31 bits per heavy atom. The molecule has 0 aliphatic carbocycles. The summed E-state index contributed by atoms with van der Waals surface area (Å²) in [6, 6.07) is 0. The molecule has 0 fully saturated rings. The average Bonchev–Trinajstić information content (AvgIpc) is 2.03. The number of hydrogen-bond donors (Lipinski definition) is 0. The Morgan fingerprint density at radius 3 is 2.85 bits per heavy atom. The first-order valence-corrected chi connectivity index (χ1v) is 4.65. The Kier molecular flexibility index (Phi) is 3.63. The Labute approximate surface area is 80.0 Å². The number of ketones is 1. The van der Waals surface area contributed by atoms with Gasteiger partial charge in [-0.2, -0.15) is 0 Å². The molecule has 0 saturated heterocycles. The van der Waals surface area contributed by atoms with E-state index in [0.717, 1.165) is 25.1 Å². The van der Waals surface area contributed by atoms with Crippen LogP contribution in [0.25, 0.3) is 0 Å². The van der Waals surface area contributed by atoms with E-state index in [1.807, 2.05) is 19.0 Å². The predicted molar refractivity (Wildman–Crippen MR) is 53.8 cm³/mol. The van der Waals surface area contributed by atoms with Crippen LogP contribution < -0.4 is 0 Å². The molecule has 0 aromatic carbocycles. The Balaban J connectivity index is 2.51. The summed E-state index contributed by atoms with van der Waals surface area (Å²) in [4.78, 5) is 15.7. The number of carbonyl (C=O) groups is 1. The molecule has 1 heterocycles. The number of likely N-dealkylation sites (N-methyl/N-ethyl adjacent to an activating group) is 2. The highest BCUT2D eigenvalue weighted by atomic mass is 16.1. The topological polar surface area (TPSA) is 23.6 Å². The molecule has 0 spiro atoms. The van der Waals surface area contributed by atoms with Gasteiger partial charge < -0.3 is 9.80 Å². The van der Waals surface area contributed by atoms with Crippen LogP contribution in [0.4, 0.5) is 0 Å². The molecule has 0 saturated carbocycles. The zero-order valence-corrected chi connectivity index (χ0v) is 8.71. The van der Waals surface area contributed by atoms with Crippen LogP contribution in [0.3, 0.4) is 0 Å². The molecular formula is C10H18N2O. The Morgan fingerprint density at radius 1 is 1.62 bits per heavy atom. The molecule has 0 atom stereocenters. The number of Topliss-reactive ketones (excluding diaryl/α,β-unsaturated/α-hetero) is 1. The standard InChI is InChI=1S/C10H18N2O/c1-11(2)8-10(13)9-5-4-6-12(3)7-9/h5H,4,6-8H2,1-3H3. The second kappa shape index (κ2) is 4.53. The van der Waals surface area contributed by atoms with Crippen molar-refractivity contribution in [1.29, 1.82) is 0 Å². The monoisotopic (exact) mass is 182 g/mol. The highest BCUT2D eigenvalue weighted by Gasteiger charge is 2.15. The molecule has 13 heavy (non-hydrogen) atoms. The summed E-state index contributed by atoms with van der Waals surface area (Å²) in [7, 11) is 5.89. The summed E-state index contributed by atoms with van der Waals surface area (Å²) in [5.74, 6) is 0.261. The van der Waals surface area contributed by atoms with Gasteiger partial charge in [-0.1, -0.05) is 6.08 Å². The largest absolute Gasteiger partial charge is 0.302 e. The van der Waals surface area contributed by atoms with Crippen LogP contribution in [0.15, 0.2) is 11.6 Å². The maximum absolute atomic E-state index is 11.6.